The molecule has 6 heteroatoms. The summed E-state index contributed by atoms with van der Waals surface area (Å²) in [5, 5.41) is 4.90. The average molecular weight is 383 g/mol. The Morgan fingerprint density at radius 1 is 1.45 bits per heavy atom. The zero-order valence-electron chi connectivity index (χ0n) is 11.9. The maximum Gasteiger partial charge on any atom is 0.226 e. The van der Waals surface area contributed by atoms with Gasteiger partial charge in [0.1, 0.15) is 5.82 Å². The summed E-state index contributed by atoms with van der Waals surface area (Å²) in [7, 11) is 0. The smallest absolute Gasteiger partial charge is 0.226 e. The second-order valence-corrected chi connectivity index (χ2v) is 7.29. The largest absolute Gasteiger partial charge is 0.349 e. The molecule has 1 aromatic heterocycles. The van der Waals surface area contributed by atoms with Crippen molar-refractivity contribution in [2.24, 2.45) is 5.92 Å². The molecule has 1 amide bonds. The lowest BCUT2D eigenvalue weighted by Crippen LogP contribution is -2.30. The molecule has 1 unspecified atom stereocenters. The Hall–Kier alpha value is -1.27. The molecule has 3 rings (SSSR count). The van der Waals surface area contributed by atoms with E-state index in [2.05, 4.69) is 26.2 Å². The first kappa shape index (κ1) is 15.6. The van der Waals surface area contributed by atoms with Crippen LogP contribution in [-0.4, -0.2) is 10.9 Å². The molecule has 1 aromatic carbocycles. The maximum atomic E-state index is 13.6. The first-order valence-electron chi connectivity index (χ1n) is 7.22. The van der Waals surface area contributed by atoms with Crippen LogP contribution < -0.4 is 5.32 Å². The number of rotatable bonds is 6. The maximum absolute atomic E-state index is 13.6. The number of nitrogens with zero attached hydrogens (tertiary/aromatic N) is 1. The van der Waals surface area contributed by atoms with Crippen molar-refractivity contribution >= 4 is 33.2 Å². The van der Waals surface area contributed by atoms with Gasteiger partial charge in [-0.3, -0.25) is 4.79 Å². The molecule has 0 saturated heterocycles. The summed E-state index contributed by atoms with van der Waals surface area (Å²) < 4.78 is 14.3. The topological polar surface area (TPSA) is 42.0 Å². The minimum Gasteiger partial charge on any atom is -0.349 e. The van der Waals surface area contributed by atoms with Crippen LogP contribution >= 0.6 is 27.3 Å². The third kappa shape index (κ3) is 4.36. The van der Waals surface area contributed by atoms with Gasteiger partial charge in [-0.05, 0) is 36.1 Å². The molecule has 2 aromatic rings. The summed E-state index contributed by atoms with van der Waals surface area (Å²) >= 11 is 4.79. The second kappa shape index (κ2) is 6.87. The van der Waals surface area contributed by atoms with Crippen molar-refractivity contribution in [3.63, 3.8) is 0 Å². The number of hydrogen-bond acceptors (Lipinski definition) is 3. The monoisotopic (exact) mass is 382 g/mol. The molecule has 1 N–H and O–H groups in total. The summed E-state index contributed by atoms with van der Waals surface area (Å²) in [6.07, 6.45) is 3.50. The number of halogens is 2. The van der Waals surface area contributed by atoms with Crippen molar-refractivity contribution in [2.45, 2.75) is 31.7 Å². The minimum atomic E-state index is -0.293. The van der Waals surface area contributed by atoms with Gasteiger partial charge in [0.2, 0.25) is 5.91 Å². The van der Waals surface area contributed by atoms with E-state index in [1.54, 1.807) is 5.51 Å². The summed E-state index contributed by atoms with van der Waals surface area (Å²) in [5.41, 5.74) is 3.30. The van der Waals surface area contributed by atoms with Crippen LogP contribution in [0.2, 0.25) is 0 Å². The number of carbonyl (C=O) groups is 1. The first-order valence-corrected chi connectivity index (χ1v) is 8.96. The Morgan fingerprint density at radius 2 is 2.27 bits per heavy atom. The van der Waals surface area contributed by atoms with Crippen molar-refractivity contribution in [3.05, 3.63) is 50.6 Å². The van der Waals surface area contributed by atoms with Gasteiger partial charge in [0.25, 0.3) is 0 Å². The molecule has 1 heterocycles. The van der Waals surface area contributed by atoms with E-state index in [4.69, 9.17) is 0 Å². The normalized spacial score (nSPS) is 15.5. The van der Waals surface area contributed by atoms with Gasteiger partial charge in [0, 0.05) is 9.85 Å². The van der Waals surface area contributed by atoms with Crippen LogP contribution in [0.3, 0.4) is 0 Å². The summed E-state index contributed by atoms with van der Waals surface area (Å²) in [5.74, 6) is 0.266. The highest BCUT2D eigenvalue weighted by molar-refractivity contribution is 9.10. The second-order valence-electron chi connectivity index (χ2n) is 5.66. The Labute approximate surface area is 141 Å². The van der Waals surface area contributed by atoms with Gasteiger partial charge in [-0.1, -0.05) is 28.8 Å². The fourth-order valence-corrected chi connectivity index (χ4v) is 3.52. The zero-order chi connectivity index (χ0) is 15.5. The molecule has 1 atom stereocenters. The lowest BCUT2D eigenvalue weighted by molar-refractivity contribution is -0.121. The number of thiazole rings is 1. The summed E-state index contributed by atoms with van der Waals surface area (Å²) in [6.45, 7) is 0. The van der Waals surface area contributed by atoms with Crippen LogP contribution in [0.25, 0.3) is 0 Å². The molecule has 22 heavy (non-hydrogen) atoms. The Morgan fingerprint density at radius 3 is 2.91 bits per heavy atom. The molecule has 1 fully saturated rings. The van der Waals surface area contributed by atoms with Gasteiger partial charge in [-0.2, -0.15) is 0 Å². The van der Waals surface area contributed by atoms with Gasteiger partial charge in [0.05, 0.1) is 23.7 Å². The summed E-state index contributed by atoms with van der Waals surface area (Å²) in [4.78, 5) is 16.3. The van der Waals surface area contributed by atoms with Gasteiger partial charge >= 0.3 is 0 Å². The fourth-order valence-electron chi connectivity index (χ4n) is 2.48. The van der Waals surface area contributed by atoms with Crippen molar-refractivity contribution in [2.75, 3.05) is 0 Å². The van der Waals surface area contributed by atoms with Crippen LogP contribution in [0.5, 0.6) is 0 Å². The van der Waals surface area contributed by atoms with Crippen molar-refractivity contribution in [3.8, 4) is 0 Å². The Bertz CT molecular complexity index is 638. The number of hydrogen-bond donors (Lipinski definition) is 1. The average Bonchev–Trinajstić information content (AvgIpc) is 3.12. The van der Waals surface area contributed by atoms with Gasteiger partial charge < -0.3 is 5.32 Å². The third-order valence-electron chi connectivity index (χ3n) is 3.71. The number of aromatic nitrogens is 1. The van der Waals surface area contributed by atoms with Crippen molar-refractivity contribution in [1.29, 1.82) is 0 Å². The molecule has 1 saturated carbocycles. The molecule has 116 valence electrons. The first-order chi connectivity index (χ1) is 10.6. The van der Waals surface area contributed by atoms with E-state index in [0.29, 0.717) is 10.4 Å². The lowest BCUT2D eigenvalue weighted by Gasteiger charge is -2.19. The highest BCUT2D eigenvalue weighted by Crippen LogP contribution is 2.38. The molecule has 0 spiro atoms. The van der Waals surface area contributed by atoms with Gasteiger partial charge in [-0.15, -0.1) is 11.3 Å². The quantitative estimate of drug-likeness (QED) is 0.811. The highest BCUT2D eigenvalue weighted by Gasteiger charge is 2.27. The standard InChI is InChI=1S/C16H16BrFN2OS/c17-12-4-11(5-13(18)6-12)15(3-10-1-2-10)20-16(21)7-14-8-22-9-19-14/h4-6,8-10,15H,1-3,7H2,(H,20,21). The molecule has 1 aliphatic rings. The molecular weight excluding hydrogens is 367 g/mol. The fraction of sp³-hybridized carbons (Fsp3) is 0.375. The minimum absolute atomic E-state index is 0.0723. The molecular formula is C16H16BrFN2OS. The van der Waals surface area contributed by atoms with Gasteiger partial charge in [-0.25, -0.2) is 9.37 Å². The number of carbonyl (C=O) groups excluding carboxylic acids is 1. The number of benzene rings is 1. The van der Waals surface area contributed by atoms with E-state index in [1.807, 2.05) is 11.4 Å². The number of amides is 1. The van der Waals surface area contributed by atoms with E-state index in [9.17, 15) is 9.18 Å². The van der Waals surface area contributed by atoms with Crippen molar-refractivity contribution in [1.82, 2.24) is 10.3 Å². The van der Waals surface area contributed by atoms with E-state index in [-0.39, 0.29) is 24.2 Å². The summed E-state index contributed by atoms with van der Waals surface area (Å²) in [6, 6.07) is 4.65. The predicted octanol–water partition coefficient (Wildman–Crippen LogP) is 4.24. The predicted molar refractivity (Wildman–Crippen MR) is 88.1 cm³/mol. The van der Waals surface area contributed by atoms with Crippen LogP contribution in [0.1, 0.15) is 36.6 Å². The SMILES string of the molecule is O=C(Cc1cscn1)NC(CC1CC1)c1cc(F)cc(Br)c1. The molecule has 0 bridgehead atoms. The molecule has 0 aliphatic heterocycles. The van der Waals surface area contributed by atoms with Crippen LogP contribution in [0, 0.1) is 11.7 Å². The molecule has 0 radical (unpaired) electrons. The van der Waals surface area contributed by atoms with Gasteiger partial charge in [0.15, 0.2) is 0 Å². The van der Waals surface area contributed by atoms with E-state index in [0.717, 1.165) is 17.7 Å². The highest BCUT2D eigenvalue weighted by atomic mass is 79.9. The van der Waals surface area contributed by atoms with Crippen LogP contribution in [0.4, 0.5) is 4.39 Å². The van der Waals surface area contributed by atoms with E-state index >= 15 is 0 Å². The van der Waals surface area contributed by atoms with E-state index < -0.39 is 0 Å². The Kier molecular flexibility index (Phi) is 4.88. The lowest BCUT2D eigenvalue weighted by atomic mass is 10.0. The molecule has 1 aliphatic carbocycles. The van der Waals surface area contributed by atoms with Crippen molar-refractivity contribution < 1.29 is 9.18 Å². The number of nitrogens with one attached hydrogen (secondary N) is 1. The zero-order valence-corrected chi connectivity index (χ0v) is 14.3. The van der Waals surface area contributed by atoms with E-state index in [1.165, 1.54) is 36.3 Å². The molecule has 3 nitrogen and oxygen atoms in total. The van der Waals surface area contributed by atoms with Crippen LogP contribution in [-0.2, 0) is 11.2 Å². The third-order valence-corrected chi connectivity index (χ3v) is 4.81. The Balaban J connectivity index is 1.72. The van der Waals surface area contributed by atoms with Crippen LogP contribution in [0.15, 0.2) is 33.6 Å².